The van der Waals surface area contributed by atoms with Crippen molar-refractivity contribution in [3.05, 3.63) is 29.6 Å². The third-order valence-corrected chi connectivity index (χ3v) is 5.29. The molecule has 1 aliphatic heterocycles. The zero-order chi connectivity index (χ0) is 15.5. The molecule has 0 spiro atoms. The zero-order valence-corrected chi connectivity index (χ0v) is 12.1. The molecule has 1 aromatic rings. The summed E-state index contributed by atoms with van der Waals surface area (Å²) in [5, 5.41) is 17.8. The van der Waals surface area contributed by atoms with Gasteiger partial charge in [0.15, 0.2) is 0 Å². The Bertz CT molecular complexity index is 678. The van der Waals surface area contributed by atoms with Crippen molar-refractivity contribution in [3.63, 3.8) is 0 Å². The number of nitrogens with zero attached hydrogens (tertiary/aromatic N) is 1. The molecule has 1 aliphatic rings. The molecule has 0 amide bonds. The summed E-state index contributed by atoms with van der Waals surface area (Å²) in [6, 6.07) is 3.28. The summed E-state index contributed by atoms with van der Waals surface area (Å²) in [4.78, 5) is -0.0801. The van der Waals surface area contributed by atoms with Crippen LogP contribution in [0.1, 0.15) is 12.0 Å². The lowest BCUT2D eigenvalue weighted by molar-refractivity contribution is 0.233. The van der Waals surface area contributed by atoms with Gasteiger partial charge in [0.2, 0.25) is 10.0 Å². The summed E-state index contributed by atoms with van der Waals surface area (Å²) >= 11 is 0. The predicted octanol–water partition coefficient (Wildman–Crippen LogP) is 0.172. The fraction of sp³-hybridized carbons (Fsp3) is 0.429. The van der Waals surface area contributed by atoms with Crippen LogP contribution in [0.15, 0.2) is 23.1 Å². The number of halogens is 1. The summed E-state index contributed by atoms with van der Waals surface area (Å²) < 4.78 is 39.7. The van der Waals surface area contributed by atoms with Gasteiger partial charge >= 0.3 is 0 Å². The lowest BCUT2D eigenvalue weighted by Gasteiger charge is -2.17. The van der Waals surface area contributed by atoms with Gasteiger partial charge in [-0.05, 0) is 30.5 Å². The van der Waals surface area contributed by atoms with Crippen LogP contribution in [0.3, 0.4) is 0 Å². The summed E-state index contributed by atoms with van der Waals surface area (Å²) in [6.45, 7) is 0.0554. The Labute approximate surface area is 123 Å². The van der Waals surface area contributed by atoms with Crippen LogP contribution in [0.5, 0.6) is 0 Å². The van der Waals surface area contributed by atoms with Crippen molar-refractivity contribution in [2.24, 2.45) is 5.92 Å². The van der Waals surface area contributed by atoms with E-state index in [0.717, 1.165) is 12.1 Å². The molecule has 21 heavy (non-hydrogen) atoms. The average molecular weight is 313 g/mol. The molecule has 1 atom stereocenters. The molecule has 1 aromatic carbocycles. The second kappa shape index (κ2) is 6.54. The maximum Gasteiger partial charge on any atom is 0.244 e. The van der Waals surface area contributed by atoms with E-state index in [9.17, 15) is 12.8 Å². The van der Waals surface area contributed by atoms with E-state index < -0.39 is 22.4 Å². The Morgan fingerprint density at radius 3 is 2.76 bits per heavy atom. The van der Waals surface area contributed by atoms with E-state index in [1.54, 1.807) is 0 Å². The van der Waals surface area contributed by atoms with Gasteiger partial charge in [-0.2, -0.15) is 4.31 Å². The highest BCUT2D eigenvalue weighted by Gasteiger charge is 2.33. The molecule has 2 N–H and O–H groups in total. The standard InChI is InChI=1S/C14H16FNO4S/c15-13-3-4-14(12(8-13)2-1-7-17)21(19,20)16-6-5-11(9-16)10-18/h3-4,8,11,17-18H,5-7,9-10H2. The van der Waals surface area contributed by atoms with Crippen LogP contribution < -0.4 is 0 Å². The molecule has 0 saturated carbocycles. The molecule has 7 heteroatoms. The molecular formula is C14H16FNO4S. The normalized spacial score (nSPS) is 19.3. The molecule has 1 saturated heterocycles. The van der Waals surface area contributed by atoms with Gasteiger partial charge in [0, 0.05) is 25.3 Å². The number of benzene rings is 1. The minimum absolute atomic E-state index is 0.0245. The topological polar surface area (TPSA) is 77.8 Å². The van der Waals surface area contributed by atoms with Crippen molar-refractivity contribution in [1.82, 2.24) is 4.31 Å². The smallest absolute Gasteiger partial charge is 0.244 e. The minimum atomic E-state index is -3.79. The highest BCUT2D eigenvalue weighted by molar-refractivity contribution is 7.89. The van der Waals surface area contributed by atoms with Crippen LogP contribution in [0, 0.1) is 23.6 Å². The molecule has 1 fully saturated rings. The Morgan fingerprint density at radius 1 is 1.38 bits per heavy atom. The molecule has 5 nitrogen and oxygen atoms in total. The number of aliphatic hydroxyl groups excluding tert-OH is 2. The highest BCUT2D eigenvalue weighted by Crippen LogP contribution is 2.26. The van der Waals surface area contributed by atoms with Crippen molar-refractivity contribution in [3.8, 4) is 11.8 Å². The van der Waals surface area contributed by atoms with Gasteiger partial charge in [-0.3, -0.25) is 0 Å². The van der Waals surface area contributed by atoms with Crippen LogP contribution in [0.4, 0.5) is 4.39 Å². The van der Waals surface area contributed by atoms with Crippen LogP contribution >= 0.6 is 0 Å². The monoisotopic (exact) mass is 313 g/mol. The molecule has 0 aliphatic carbocycles. The average Bonchev–Trinajstić information content (AvgIpc) is 2.94. The molecular weight excluding hydrogens is 297 g/mol. The zero-order valence-electron chi connectivity index (χ0n) is 11.3. The molecule has 0 radical (unpaired) electrons. The molecule has 2 rings (SSSR count). The Hall–Kier alpha value is -1.46. The summed E-state index contributed by atoms with van der Waals surface area (Å²) in [5.41, 5.74) is 0.0245. The van der Waals surface area contributed by atoms with Crippen molar-refractivity contribution >= 4 is 10.0 Å². The molecule has 1 unspecified atom stereocenters. The van der Waals surface area contributed by atoms with Crippen LogP contribution in [0.2, 0.25) is 0 Å². The molecule has 0 aromatic heterocycles. The quantitative estimate of drug-likeness (QED) is 0.780. The second-order valence-electron chi connectivity index (χ2n) is 4.80. The first-order valence-electron chi connectivity index (χ1n) is 6.49. The van der Waals surface area contributed by atoms with E-state index >= 15 is 0 Å². The Morgan fingerprint density at radius 2 is 2.14 bits per heavy atom. The summed E-state index contributed by atoms with van der Waals surface area (Å²) in [5.74, 6) is 4.13. The largest absolute Gasteiger partial charge is 0.396 e. The molecule has 114 valence electrons. The van der Waals surface area contributed by atoms with E-state index in [-0.39, 0.29) is 29.5 Å². The van der Waals surface area contributed by atoms with E-state index in [4.69, 9.17) is 10.2 Å². The van der Waals surface area contributed by atoms with Crippen molar-refractivity contribution in [2.75, 3.05) is 26.3 Å². The van der Waals surface area contributed by atoms with Crippen LogP contribution in [-0.2, 0) is 10.0 Å². The van der Waals surface area contributed by atoms with Crippen LogP contribution in [-0.4, -0.2) is 49.2 Å². The number of hydrogen-bond donors (Lipinski definition) is 2. The lowest BCUT2D eigenvalue weighted by atomic mass is 10.1. The van der Waals surface area contributed by atoms with Crippen molar-refractivity contribution in [1.29, 1.82) is 0 Å². The first-order chi connectivity index (χ1) is 9.98. The fourth-order valence-corrected chi connectivity index (χ4v) is 3.92. The summed E-state index contributed by atoms with van der Waals surface area (Å²) in [6.07, 6.45) is 0.592. The van der Waals surface area contributed by atoms with Gasteiger partial charge < -0.3 is 10.2 Å². The van der Waals surface area contributed by atoms with E-state index in [2.05, 4.69) is 11.8 Å². The maximum atomic E-state index is 13.3. The predicted molar refractivity (Wildman–Crippen MR) is 74.3 cm³/mol. The Kier molecular flexibility index (Phi) is 4.96. The van der Waals surface area contributed by atoms with Crippen molar-refractivity contribution in [2.45, 2.75) is 11.3 Å². The number of aliphatic hydroxyl groups is 2. The first kappa shape index (κ1) is 15.9. The first-order valence-corrected chi connectivity index (χ1v) is 7.93. The SMILES string of the molecule is O=S(=O)(c1ccc(F)cc1C#CCO)N1CCC(CO)C1. The minimum Gasteiger partial charge on any atom is -0.396 e. The van der Waals surface area contributed by atoms with Crippen LogP contribution in [0.25, 0.3) is 0 Å². The van der Waals surface area contributed by atoms with Gasteiger partial charge in [-0.1, -0.05) is 11.8 Å². The number of rotatable bonds is 3. The van der Waals surface area contributed by atoms with E-state index in [1.165, 1.54) is 10.4 Å². The second-order valence-corrected chi connectivity index (χ2v) is 6.71. The van der Waals surface area contributed by atoms with E-state index in [0.29, 0.717) is 13.0 Å². The maximum absolute atomic E-state index is 13.3. The number of hydrogen-bond acceptors (Lipinski definition) is 4. The highest BCUT2D eigenvalue weighted by atomic mass is 32.2. The van der Waals surface area contributed by atoms with Crippen molar-refractivity contribution < 1.29 is 23.0 Å². The molecule has 0 bridgehead atoms. The summed E-state index contributed by atoms with van der Waals surface area (Å²) in [7, 11) is -3.79. The number of sulfonamides is 1. The van der Waals surface area contributed by atoms with Gasteiger partial charge in [0.1, 0.15) is 12.4 Å². The lowest BCUT2D eigenvalue weighted by Crippen LogP contribution is -2.30. The Balaban J connectivity index is 2.40. The fourth-order valence-electron chi connectivity index (χ4n) is 2.26. The van der Waals surface area contributed by atoms with Gasteiger partial charge in [0.25, 0.3) is 0 Å². The molecule has 1 heterocycles. The third-order valence-electron chi connectivity index (χ3n) is 3.37. The van der Waals surface area contributed by atoms with Gasteiger partial charge in [0.05, 0.1) is 4.90 Å². The van der Waals surface area contributed by atoms with Gasteiger partial charge in [-0.15, -0.1) is 0 Å². The van der Waals surface area contributed by atoms with Gasteiger partial charge in [-0.25, -0.2) is 12.8 Å². The third kappa shape index (κ3) is 3.41. The van der Waals surface area contributed by atoms with E-state index in [1.807, 2.05) is 0 Å².